The van der Waals surface area contributed by atoms with Gasteiger partial charge in [0, 0.05) is 23.9 Å². The first kappa shape index (κ1) is 17.4. The van der Waals surface area contributed by atoms with Crippen molar-refractivity contribution < 1.29 is 8.42 Å². The summed E-state index contributed by atoms with van der Waals surface area (Å²) in [4.78, 5) is 0.327. The van der Waals surface area contributed by atoms with Gasteiger partial charge >= 0.3 is 0 Å². The van der Waals surface area contributed by atoms with Gasteiger partial charge in [-0.2, -0.15) is 9.57 Å². The predicted molar refractivity (Wildman–Crippen MR) is 88.3 cm³/mol. The average Bonchev–Trinajstić information content (AvgIpc) is 2.43. The van der Waals surface area contributed by atoms with Crippen molar-refractivity contribution in [3.05, 3.63) is 29.8 Å². The molecule has 1 aromatic carbocycles. The molecule has 4 nitrogen and oxygen atoms in total. The number of hydrogen-bond donors (Lipinski definition) is 0. The molecule has 0 aliphatic heterocycles. The zero-order chi connectivity index (χ0) is 15.0. The van der Waals surface area contributed by atoms with Crippen LogP contribution in [0.25, 0.3) is 0 Å². The van der Waals surface area contributed by atoms with Crippen molar-refractivity contribution in [2.75, 3.05) is 17.5 Å². The smallest absolute Gasteiger partial charge is 0.207 e. The minimum atomic E-state index is -3.45. The van der Waals surface area contributed by atoms with Crippen LogP contribution in [-0.2, 0) is 10.0 Å². The highest BCUT2D eigenvalue weighted by Crippen LogP contribution is 2.17. The van der Waals surface area contributed by atoms with Crippen molar-refractivity contribution in [3.8, 4) is 6.07 Å². The van der Waals surface area contributed by atoms with E-state index in [2.05, 4.69) is 28.7 Å². The average molecular weight is 406 g/mol. The van der Waals surface area contributed by atoms with Gasteiger partial charge in [-0.25, -0.2) is 8.42 Å². The van der Waals surface area contributed by atoms with Crippen LogP contribution in [0.1, 0.15) is 24.8 Å². The molecule has 0 heterocycles. The molecule has 0 fully saturated rings. The van der Waals surface area contributed by atoms with Crippen LogP contribution in [-0.4, -0.2) is 30.2 Å². The summed E-state index contributed by atoms with van der Waals surface area (Å²) in [5, 5.41) is 8.59. The summed E-state index contributed by atoms with van der Waals surface area (Å²) in [6.07, 6.45) is 1.77. The highest BCUT2D eigenvalue weighted by atomic mass is 127. The molecule has 0 saturated carbocycles. The fourth-order valence-corrected chi connectivity index (χ4v) is 3.64. The molecule has 0 aliphatic rings. The number of rotatable bonds is 8. The summed E-state index contributed by atoms with van der Waals surface area (Å²) >= 11 is 2.24. The second-order valence-electron chi connectivity index (χ2n) is 4.52. The number of aryl methyl sites for hydroxylation is 1. The Morgan fingerprint density at radius 3 is 2.35 bits per heavy atom. The first-order valence-electron chi connectivity index (χ1n) is 6.52. The summed E-state index contributed by atoms with van der Waals surface area (Å²) in [7, 11) is -3.45. The number of nitrogens with zero attached hydrogens (tertiary/aromatic N) is 2. The maximum absolute atomic E-state index is 12.6. The molecule has 0 unspecified atom stereocenters. The number of alkyl halides is 1. The monoisotopic (exact) mass is 406 g/mol. The quantitative estimate of drug-likeness (QED) is 0.379. The van der Waals surface area contributed by atoms with E-state index in [0.29, 0.717) is 30.8 Å². The van der Waals surface area contributed by atoms with Crippen LogP contribution in [0.3, 0.4) is 0 Å². The second kappa shape index (κ2) is 8.60. The fraction of sp³-hybridized carbons (Fsp3) is 0.500. The van der Waals surface area contributed by atoms with Gasteiger partial charge in [-0.05, 0) is 31.9 Å². The van der Waals surface area contributed by atoms with E-state index in [-0.39, 0.29) is 0 Å². The summed E-state index contributed by atoms with van der Waals surface area (Å²) < 4.78 is 27.6. The van der Waals surface area contributed by atoms with Gasteiger partial charge in [0.2, 0.25) is 10.0 Å². The summed E-state index contributed by atoms with van der Waals surface area (Å²) in [6.45, 7) is 2.84. The predicted octanol–water partition coefficient (Wildman–Crippen LogP) is 3.11. The molecular formula is C14H19IN2O2S. The van der Waals surface area contributed by atoms with Crippen molar-refractivity contribution in [1.29, 1.82) is 5.26 Å². The van der Waals surface area contributed by atoms with Gasteiger partial charge in [0.05, 0.1) is 11.0 Å². The molecule has 0 aromatic heterocycles. The third-order valence-corrected chi connectivity index (χ3v) is 5.57. The molecule has 0 atom stereocenters. The van der Waals surface area contributed by atoms with E-state index >= 15 is 0 Å². The second-order valence-corrected chi connectivity index (χ2v) is 7.54. The molecule has 0 bridgehead atoms. The van der Waals surface area contributed by atoms with E-state index in [9.17, 15) is 8.42 Å². The van der Waals surface area contributed by atoms with Gasteiger partial charge in [0.25, 0.3) is 0 Å². The SMILES string of the molecule is Cc1ccc(S(=O)(=O)N(CCCI)CCCC#N)cc1. The van der Waals surface area contributed by atoms with Crippen LogP contribution >= 0.6 is 22.6 Å². The zero-order valence-electron chi connectivity index (χ0n) is 11.5. The lowest BCUT2D eigenvalue weighted by Crippen LogP contribution is -2.33. The van der Waals surface area contributed by atoms with Gasteiger partial charge in [0.1, 0.15) is 0 Å². The molecule has 0 amide bonds. The normalized spacial score (nSPS) is 11.5. The van der Waals surface area contributed by atoms with Crippen LogP contribution in [0.15, 0.2) is 29.2 Å². The molecule has 0 radical (unpaired) electrons. The number of sulfonamides is 1. The zero-order valence-corrected chi connectivity index (χ0v) is 14.5. The first-order valence-corrected chi connectivity index (χ1v) is 9.48. The van der Waals surface area contributed by atoms with Gasteiger partial charge in [-0.1, -0.05) is 40.3 Å². The Morgan fingerprint density at radius 1 is 1.20 bits per heavy atom. The molecule has 1 rings (SSSR count). The molecule has 0 aliphatic carbocycles. The standard InChI is InChI=1S/C14H19IN2O2S/c1-13-5-7-14(8-6-13)20(18,19)17(12-4-9-15)11-3-2-10-16/h5-8H,2-4,9,11-12H2,1H3. The Morgan fingerprint density at radius 2 is 1.80 bits per heavy atom. The number of nitriles is 1. The Bertz CT molecular complexity index is 550. The van der Waals surface area contributed by atoms with Crippen LogP contribution in [0.5, 0.6) is 0 Å². The van der Waals surface area contributed by atoms with E-state index in [4.69, 9.17) is 5.26 Å². The van der Waals surface area contributed by atoms with Gasteiger partial charge < -0.3 is 0 Å². The van der Waals surface area contributed by atoms with Gasteiger partial charge in [-0.3, -0.25) is 0 Å². The van der Waals surface area contributed by atoms with Crippen LogP contribution in [0.2, 0.25) is 0 Å². The Balaban J connectivity index is 2.91. The Labute approximate surface area is 135 Å². The van der Waals surface area contributed by atoms with Gasteiger partial charge in [0.15, 0.2) is 0 Å². The lowest BCUT2D eigenvalue weighted by Gasteiger charge is -2.21. The third kappa shape index (κ3) is 5.04. The molecule has 6 heteroatoms. The number of unbranched alkanes of at least 4 members (excludes halogenated alkanes) is 1. The van der Waals surface area contributed by atoms with E-state index in [0.717, 1.165) is 16.4 Å². The van der Waals surface area contributed by atoms with Crippen LogP contribution in [0.4, 0.5) is 0 Å². The maximum Gasteiger partial charge on any atom is 0.243 e. The largest absolute Gasteiger partial charge is 0.243 e. The Kier molecular flexibility index (Phi) is 7.48. The van der Waals surface area contributed by atoms with Crippen molar-refractivity contribution in [3.63, 3.8) is 0 Å². The summed E-state index contributed by atoms with van der Waals surface area (Å²) in [6, 6.07) is 8.95. The molecule has 0 saturated heterocycles. The lowest BCUT2D eigenvalue weighted by atomic mass is 10.2. The Hall–Kier alpha value is -0.650. The van der Waals surface area contributed by atoms with E-state index in [1.165, 1.54) is 4.31 Å². The van der Waals surface area contributed by atoms with Crippen molar-refractivity contribution in [2.24, 2.45) is 0 Å². The number of benzene rings is 1. The molecule has 20 heavy (non-hydrogen) atoms. The maximum atomic E-state index is 12.6. The number of hydrogen-bond acceptors (Lipinski definition) is 3. The van der Waals surface area contributed by atoms with Crippen molar-refractivity contribution in [1.82, 2.24) is 4.31 Å². The highest BCUT2D eigenvalue weighted by Gasteiger charge is 2.23. The van der Waals surface area contributed by atoms with E-state index in [1.54, 1.807) is 24.3 Å². The molecule has 1 aromatic rings. The first-order chi connectivity index (χ1) is 9.52. The molecule has 0 spiro atoms. The summed E-state index contributed by atoms with van der Waals surface area (Å²) in [5.41, 5.74) is 1.03. The van der Waals surface area contributed by atoms with Crippen molar-refractivity contribution >= 4 is 32.6 Å². The van der Waals surface area contributed by atoms with E-state index < -0.39 is 10.0 Å². The molecule has 0 N–H and O–H groups in total. The third-order valence-electron chi connectivity index (χ3n) is 2.90. The van der Waals surface area contributed by atoms with E-state index in [1.807, 2.05) is 6.92 Å². The summed E-state index contributed by atoms with van der Waals surface area (Å²) in [5.74, 6) is 0. The topological polar surface area (TPSA) is 61.2 Å². The highest BCUT2D eigenvalue weighted by molar-refractivity contribution is 14.1. The minimum absolute atomic E-state index is 0.327. The lowest BCUT2D eigenvalue weighted by molar-refractivity contribution is 0.407. The fourth-order valence-electron chi connectivity index (χ4n) is 1.78. The minimum Gasteiger partial charge on any atom is -0.207 e. The van der Waals surface area contributed by atoms with Crippen molar-refractivity contribution in [2.45, 2.75) is 31.1 Å². The van der Waals surface area contributed by atoms with Gasteiger partial charge in [-0.15, -0.1) is 0 Å². The number of halogens is 1. The van der Waals surface area contributed by atoms with Crippen LogP contribution in [0, 0.1) is 18.3 Å². The van der Waals surface area contributed by atoms with Crippen LogP contribution < -0.4 is 0 Å². The molecule has 110 valence electrons. The molecular weight excluding hydrogens is 387 g/mol.